The van der Waals surface area contributed by atoms with Crippen LogP contribution in [-0.4, -0.2) is 28.0 Å². The number of aliphatic carboxylic acids is 1. The Morgan fingerprint density at radius 3 is 3.00 bits per heavy atom. The molecule has 1 unspecified atom stereocenters. The smallest absolute Gasteiger partial charge is 0.329 e. The van der Waals surface area contributed by atoms with Gasteiger partial charge in [0.2, 0.25) is 5.91 Å². The van der Waals surface area contributed by atoms with Crippen molar-refractivity contribution in [2.24, 2.45) is 0 Å². The van der Waals surface area contributed by atoms with Crippen molar-refractivity contribution in [3.8, 4) is 0 Å². The van der Waals surface area contributed by atoms with Crippen LogP contribution in [0, 0.1) is 5.82 Å². The van der Waals surface area contributed by atoms with Crippen molar-refractivity contribution >= 4 is 29.3 Å². The number of nitrogens with one attached hydrogen (secondary N) is 1. The largest absolute Gasteiger partial charge is 0.480 e. The van der Waals surface area contributed by atoms with Crippen LogP contribution >= 0.6 is 11.6 Å². The van der Waals surface area contributed by atoms with Gasteiger partial charge in [-0.25, -0.2) is 14.2 Å². The van der Waals surface area contributed by atoms with E-state index in [2.05, 4.69) is 10.4 Å². The van der Waals surface area contributed by atoms with Crippen molar-refractivity contribution in [1.29, 1.82) is 0 Å². The fourth-order valence-corrected chi connectivity index (χ4v) is 1.65. The van der Waals surface area contributed by atoms with Gasteiger partial charge in [0.05, 0.1) is 11.4 Å². The summed E-state index contributed by atoms with van der Waals surface area (Å²) in [5.41, 5.74) is 2.23. The van der Waals surface area contributed by atoms with Crippen molar-refractivity contribution in [2.45, 2.75) is 12.5 Å². The Balaban J connectivity index is 2.38. The third kappa shape index (κ3) is 2.14. The molecule has 8 heteroatoms. The number of aromatic nitrogens is 1. The van der Waals surface area contributed by atoms with E-state index in [0.29, 0.717) is 0 Å². The first-order chi connectivity index (χ1) is 7.99. The third-order valence-electron chi connectivity index (χ3n) is 2.24. The van der Waals surface area contributed by atoms with Crippen LogP contribution < -0.4 is 10.4 Å². The van der Waals surface area contributed by atoms with E-state index in [9.17, 15) is 14.0 Å². The number of carbonyl (C=O) groups is 2. The molecule has 6 nitrogen and oxygen atoms in total. The maximum Gasteiger partial charge on any atom is 0.329 e. The summed E-state index contributed by atoms with van der Waals surface area (Å²) in [6.07, 6.45) is 0.919. The average molecular weight is 260 g/mol. The SMILES string of the molecule is O=C1CC(C(=O)O)N(c2ncc(Cl)cc2F)N1. The summed E-state index contributed by atoms with van der Waals surface area (Å²) in [5, 5.41) is 9.87. The molecule has 2 rings (SSSR count). The predicted molar refractivity (Wildman–Crippen MR) is 55.9 cm³/mol. The van der Waals surface area contributed by atoms with Gasteiger partial charge in [0, 0.05) is 6.20 Å². The fourth-order valence-electron chi connectivity index (χ4n) is 1.51. The number of anilines is 1. The van der Waals surface area contributed by atoms with Crippen LogP contribution in [0.2, 0.25) is 5.02 Å². The molecule has 1 atom stereocenters. The van der Waals surface area contributed by atoms with E-state index in [1.54, 1.807) is 0 Å². The standard InChI is InChI=1S/C9H7ClFN3O3/c10-4-1-5(11)8(12-3-4)14-6(9(16)17)2-7(15)13-14/h1,3,6H,2H2,(H,13,15)(H,16,17). The molecule has 1 aliphatic heterocycles. The molecule has 2 heterocycles. The summed E-state index contributed by atoms with van der Waals surface area (Å²) in [5.74, 6) is -2.81. The van der Waals surface area contributed by atoms with Crippen LogP contribution in [0.5, 0.6) is 0 Å². The van der Waals surface area contributed by atoms with E-state index in [0.717, 1.165) is 11.1 Å². The monoisotopic (exact) mass is 259 g/mol. The Kier molecular flexibility index (Phi) is 2.84. The summed E-state index contributed by atoms with van der Waals surface area (Å²) < 4.78 is 13.5. The third-order valence-corrected chi connectivity index (χ3v) is 2.44. The number of carbonyl (C=O) groups excluding carboxylic acids is 1. The lowest BCUT2D eigenvalue weighted by Gasteiger charge is -2.21. The first-order valence-electron chi connectivity index (χ1n) is 4.61. The summed E-state index contributed by atoms with van der Waals surface area (Å²) in [7, 11) is 0. The second-order valence-electron chi connectivity index (χ2n) is 3.42. The van der Waals surface area contributed by atoms with Gasteiger partial charge in [-0.3, -0.25) is 15.2 Å². The Morgan fingerprint density at radius 1 is 1.71 bits per heavy atom. The molecule has 90 valence electrons. The van der Waals surface area contributed by atoms with Crippen molar-refractivity contribution in [3.05, 3.63) is 23.1 Å². The zero-order chi connectivity index (χ0) is 12.6. The number of amides is 1. The maximum atomic E-state index is 13.5. The van der Waals surface area contributed by atoms with Gasteiger partial charge in [-0.2, -0.15) is 0 Å². The molecule has 0 radical (unpaired) electrons. The van der Waals surface area contributed by atoms with Crippen LogP contribution in [-0.2, 0) is 9.59 Å². The lowest BCUT2D eigenvalue weighted by Crippen LogP contribution is -2.43. The first kappa shape index (κ1) is 11.6. The van der Waals surface area contributed by atoms with Gasteiger partial charge < -0.3 is 5.11 Å². The van der Waals surface area contributed by atoms with Gasteiger partial charge in [-0.05, 0) is 6.07 Å². The topological polar surface area (TPSA) is 82.5 Å². The van der Waals surface area contributed by atoms with E-state index < -0.39 is 23.7 Å². The van der Waals surface area contributed by atoms with Crippen LogP contribution in [0.1, 0.15) is 6.42 Å². The molecule has 0 aromatic carbocycles. The van der Waals surface area contributed by atoms with Crippen LogP contribution in [0.25, 0.3) is 0 Å². The second kappa shape index (κ2) is 4.17. The van der Waals surface area contributed by atoms with E-state index in [1.165, 1.54) is 6.20 Å². The summed E-state index contributed by atoms with van der Waals surface area (Å²) >= 11 is 5.53. The number of carboxylic acids is 1. The molecule has 0 aliphatic carbocycles. The average Bonchev–Trinajstić information content (AvgIpc) is 2.60. The van der Waals surface area contributed by atoms with Gasteiger partial charge >= 0.3 is 5.97 Å². The number of hydrogen-bond donors (Lipinski definition) is 2. The molecular weight excluding hydrogens is 253 g/mol. The van der Waals surface area contributed by atoms with Gasteiger partial charge in [-0.15, -0.1) is 0 Å². The highest BCUT2D eigenvalue weighted by Gasteiger charge is 2.38. The van der Waals surface area contributed by atoms with Crippen LogP contribution in [0.4, 0.5) is 10.2 Å². The molecule has 1 aromatic heterocycles. The molecule has 0 bridgehead atoms. The van der Waals surface area contributed by atoms with Gasteiger partial charge in [0.1, 0.15) is 0 Å². The number of carboxylic acid groups (broad SMARTS) is 1. The number of hydrogen-bond acceptors (Lipinski definition) is 4. The van der Waals surface area contributed by atoms with Gasteiger partial charge in [0.25, 0.3) is 0 Å². The highest BCUT2D eigenvalue weighted by Crippen LogP contribution is 2.23. The highest BCUT2D eigenvalue weighted by atomic mass is 35.5. The minimum Gasteiger partial charge on any atom is -0.480 e. The zero-order valence-corrected chi connectivity index (χ0v) is 9.11. The highest BCUT2D eigenvalue weighted by molar-refractivity contribution is 6.30. The molecule has 1 fully saturated rings. The molecule has 0 spiro atoms. The molecule has 1 aromatic rings. The number of nitrogens with zero attached hydrogens (tertiary/aromatic N) is 2. The van der Waals surface area contributed by atoms with Crippen molar-refractivity contribution in [3.63, 3.8) is 0 Å². The molecule has 0 saturated carbocycles. The zero-order valence-electron chi connectivity index (χ0n) is 8.35. The normalized spacial score (nSPS) is 19.3. The summed E-state index contributed by atoms with van der Waals surface area (Å²) in [6, 6.07) is -0.182. The predicted octanol–water partition coefficient (Wildman–Crippen LogP) is 0.569. The molecular formula is C9H7ClFN3O3. The first-order valence-corrected chi connectivity index (χ1v) is 4.99. The quantitative estimate of drug-likeness (QED) is 0.811. The van der Waals surface area contributed by atoms with Crippen molar-refractivity contribution in [2.75, 3.05) is 5.01 Å². The summed E-state index contributed by atoms with van der Waals surface area (Å²) in [6.45, 7) is 0. The summed E-state index contributed by atoms with van der Waals surface area (Å²) in [4.78, 5) is 25.7. The van der Waals surface area contributed by atoms with E-state index >= 15 is 0 Å². The fraction of sp³-hybridized carbons (Fsp3) is 0.222. The minimum absolute atomic E-state index is 0.0867. The Hall–Kier alpha value is -1.89. The van der Waals surface area contributed by atoms with Crippen molar-refractivity contribution < 1.29 is 19.1 Å². The van der Waals surface area contributed by atoms with E-state index in [4.69, 9.17) is 16.7 Å². The Morgan fingerprint density at radius 2 is 2.41 bits per heavy atom. The molecule has 1 amide bonds. The molecule has 2 N–H and O–H groups in total. The Labute approximate surface area is 100.0 Å². The Bertz CT molecular complexity index is 496. The molecule has 1 aliphatic rings. The number of rotatable bonds is 2. The lowest BCUT2D eigenvalue weighted by atomic mass is 10.2. The second-order valence-corrected chi connectivity index (χ2v) is 3.86. The van der Waals surface area contributed by atoms with Gasteiger partial charge in [-0.1, -0.05) is 11.6 Å². The molecule has 17 heavy (non-hydrogen) atoms. The lowest BCUT2D eigenvalue weighted by molar-refractivity contribution is -0.139. The van der Waals surface area contributed by atoms with E-state index in [1.807, 2.05) is 0 Å². The van der Waals surface area contributed by atoms with E-state index in [-0.39, 0.29) is 17.3 Å². The van der Waals surface area contributed by atoms with Crippen LogP contribution in [0.3, 0.4) is 0 Å². The van der Waals surface area contributed by atoms with Crippen LogP contribution in [0.15, 0.2) is 12.3 Å². The number of hydrazine groups is 1. The molecule has 1 saturated heterocycles. The number of halogens is 2. The maximum absolute atomic E-state index is 13.5. The minimum atomic E-state index is -1.24. The van der Waals surface area contributed by atoms with Gasteiger partial charge in [0.15, 0.2) is 17.7 Å². The number of pyridine rings is 1. The van der Waals surface area contributed by atoms with Crippen molar-refractivity contribution in [1.82, 2.24) is 10.4 Å².